The van der Waals surface area contributed by atoms with Gasteiger partial charge < -0.3 is 15.2 Å². The fraction of sp³-hybridized carbons (Fsp3) is 0.316. The number of nitrogens with one attached hydrogen (secondary N) is 2. The number of thiazole rings is 1. The van der Waals surface area contributed by atoms with Crippen LogP contribution in [-0.4, -0.2) is 37.3 Å². The third kappa shape index (κ3) is 5.42. The van der Waals surface area contributed by atoms with Gasteiger partial charge in [0, 0.05) is 17.5 Å². The minimum atomic E-state index is -0.167. The Labute approximate surface area is 177 Å². The van der Waals surface area contributed by atoms with Crippen LogP contribution < -0.4 is 10.6 Å². The number of carbonyl (C=O) groups excluding carboxylic acids is 2. The molecule has 2 N–H and O–H groups in total. The number of nitrogens with zero attached hydrogens (tertiary/aromatic N) is 4. The lowest BCUT2D eigenvalue weighted by atomic mass is 10.1. The summed E-state index contributed by atoms with van der Waals surface area (Å²) in [6.07, 6.45) is 0. The van der Waals surface area contributed by atoms with E-state index in [1.807, 2.05) is 46.0 Å². The van der Waals surface area contributed by atoms with Gasteiger partial charge in [-0.2, -0.15) is 0 Å². The Bertz CT molecular complexity index is 1020. The van der Waals surface area contributed by atoms with Crippen LogP contribution in [0.15, 0.2) is 29.4 Å². The van der Waals surface area contributed by atoms with Crippen molar-refractivity contribution in [1.29, 1.82) is 0 Å². The lowest BCUT2D eigenvalue weighted by Gasteiger charge is -2.06. The first-order valence-electron chi connectivity index (χ1n) is 8.93. The Hall–Kier alpha value is -2.72. The van der Waals surface area contributed by atoms with E-state index in [0.29, 0.717) is 21.7 Å². The standard InChI is InChI=1S/C19H22N6O2S2/c1-11-6-5-7-14(8-11)17(27)20-9-15-23-24-19(25(15)4)28-10-16(26)22-18-21-12(2)13(3)29-18/h5-8H,9-10H2,1-4H3,(H,20,27)(H,21,22,26). The largest absolute Gasteiger partial charge is 0.345 e. The molecule has 0 bridgehead atoms. The summed E-state index contributed by atoms with van der Waals surface area (Å²) in [5.74, 6) is 0.486. The van der Waals surface area contributed by atoms with Crippen LogP contribution in [0.4, 0.5) is 5.13 Å². The van der Waals surface area contributed by atoms with Crippen molar-refractivity contribution in [2.45, 2.75) is 32.5 Å². The molecule has 0 fully saturated rings. The molecule has 0 atom stereocenters. The van der Waals surface area contributed by atoms with Gasteiger partial charge in [-0.05, 0) is 32.9 Å². The molecular formula is C19H22N6O2S2. The van der Waals surface area contributed by atoms with E-state index in [1.54, 1.807) is 10.6 Å². The summed E-state index contributed by atoms with van der Waals surface area (Å²) in [7, 11) is 1.81. The van der Waals surface area contributed by atoms with Crippen molar-refractivity contribution in [1.82, 2.24) is 25.1 Å². The molecule has 10 heteroatoms. The van der Waals surface area contributed by atoms with Crippen LogP contribution >= 0.6 is 23.1 Å². The predicted octanol–water partition coefficient (Wildman–Crippen LogP) is 2.86. The summed E-state index contributed by atoms with van der Waals surface area (Å²) in [5, 5.41) is 15.1. The molecule has 0 aliphatic carbocycles. The number of amides is 2. The minimum Gasteiger partial charge on any atom is -0.345 e. The van der Waals surface area contributed by atoms with Crippen LogP contribution in [0.25, 0.3) is 0 Å². The number of anilines is 1. The van der Waals surface area contributed by atoms with Crippen molar-refractivity contribution < 1.29 is 9.59 Å². The van der Waals surface area contributed by atoms with Crippen molar-refractivity contribution in [2.75, 3.05) is 11.1 Å². The fourth-order valence-corrected chi connectivity index (χ4v) is 4.04. The van der Waals surface area contributed by atoms with Crippen LogP contribution in [0, 0.1) is 20.8 Å². The molecule has 152 valence electrons. The molecule has 3 rings (SSSR count). The molecular weight excluding hydrogens is 408 g/mol. The third-order valence-corrected chi connectivity index (χ3v) is 6.23. The Morgan fingerprint density at radius 1 is 1.21 bits per heavy atom. The van der Waals surface area contributed by atoms with Gasteiger partial charge in [-0.15, -0.1) is 21.5 Å². The van der Waals surface area contributed by atoms with Crippen molar-refractivity contribution >= 4 is 40.0 Å². The molecule has 0 aliphatic heterocycles. The molecule has 8 nitrogen and oxygen atoms in total. The third-order valence-electron chi connectivity index (χ3n) is 4.22. The average molecular weight is 431 g/mol. The lowest BCUT2D eigenvalue weighted by molar-refractivity contribution is -0.113. The molecule has 1 aromatic carbocycles. The molecule has 0 radical (unpaired) electrons. The Morgan fingerprint density at radius 2 is 2.00 bits per heavy atom. The minimum absolute atomic E-state index is 0.152. The van der Waals surface area contributed by atoms with Crippen LogP contribution in [-0.2, 0) is 18.4 Å². The highest BCUT2D eigenvalue weighted by atomic mass is 32.2. The molecule has 2 amide bonds. The number of aromatic nitrogens is 4. The van der Waals surface area contributed by atoms with Crippen LogP contribution in [0.1, 0.15) is 32.3 Å². The SMILES string of the molecule is Cc1cccc(C(=O)NCc2nnc(SCC(=O)Nc3nc(C)c(C)s3)n2C)c1. The van der Waals surface area contributed by atoms with Gasteiger partial charge in [0.25, 0.3) is 5.91 Å². The topological polar surface area (TPSA) is 102 Å². The smallest absolute Gasteiger partial charge is 0.251 e. The summed E-state index contributed by atoms with van der Waals surface area (Å²) < 4.78 is 1.77. The summed E-state index contributed by atoms with van der Waals surface area (Å²) in [5.41, 5.74) is 2.55. The molecule has 3 aromatic rings. The number of hydrogen-bond donors (Lipinski definition) is 2. The number of thioether (sulfide) groups is 1. The highest BCUT2D eigenvalue weighted by Gasteiger charge is 2.14. The van der Waals surface area contributed by atoms with E-state index in [-0.39, 0.29) is 24.1 Å². The molecule has 2 heterocycles. The maximum Gasteiger partial charge on any atom is 0.251 e. The molecule has 0 saturated heterocycles. The molecule has 0 aliphatic rings. The van der Waals surface area contributed by atoms with E-state index >= 15 is 0 Å². The van der Waals surface area contributed by atoms with E-state index in [1.165, 1.54) is 23.1 Å². The number of carbonyl (C=O) groups is 2. The van der Waals surface area contributed by atoms with E-state index in [4.69, 9.17) is 0 Å². The van der Waals surface area contributed by atoms with Gasteiger partial charge in [0.2, 0.25) is 5.91 Å². The second kappa shape index (κ2) is 9.19. The second-order valence-electron chi connectivity index (χ2n) is 6.51. The van der Waals surface area contributed by atoms with Gasteiger partial charge in [0.05, 0.1) is 18.0 Å². The molecule has 0 spiro atoms. The van der Waals surface area contributed by atoms with Gasteiger partial charge in [-0.3, -0.25) is 9.59 Å². The van der Waals surface area contributed by atoms with Crippen molar-refractivity contribution in [3.63, 3.8) is 0 Å². The van der Waals surface area contributed by atoms with Crippen molar-refractivity contribution in [2.24, 2.45) is 7.05 Å². The molecule has 29 heavy (non-hydrogen) atoms. The quantitative estimate of drug-likeness (QED) is 0.559. The van der Waals surface area contributed by atoms with Crippen molar-refractivity contribution in [3.05, 3.63) is 51.8 Å². The summed E-state index contributed by atoms with van der Waals surface area (Å²) in [6, 6.07) is 7.39. The molecule has 0 saturated carbocycles. The van der Waals surface area contributed by atoms with E-state index < -0.39 is 0 Å². The van der Waals surface area contributed by atoms with Gasteiger partial charge in [-0.25, -0.2) is 4.98 Å². The number of benzene rings is 1. The first-order chi connectivity index (χ1) is 13.8. The highest BCUT2D eigenvalue weighted by molar-refractivity contribution is 7.99. The van der Waals surface area contributed by atoms with Crippen molar-refractivity contribution in [3.8, 4) is 0 Å². The Kier molecular flexibility index (Phi) is 6.65. The summed E-state index contributed by atoms with van der Waals surface area (Å²) >= 11 is 2.73. The fourth-order valence-electron chi connectivity index (χ4n) is 2.48. The predicted molar refractivity (Wildman–Crippen MR) is 114 cm³/mol. The summed E-state index contributed by atoms with van der Waals surface area (Å²) in [6.45, 7) is 6.07. The zero-order chi connectivity index (χ0) is 21.0. The normalized spacial score (nSPS) is 10.8. The number of hydrogen-bond acceptors (Lipinski definition) is 7. The van der Waals surface area contributed by atoms with Gasteiger partial charge in [-0.1, -0.05) is 29.5 Å². The van der Waals surface area contributed by atoms with Gasteiger partial charge in [0.15, 0.2) is 16.1 Å². The van der Waals surface area contributed by atoms with E-state index in [9.17, 15) is 9.59 Å². The van der Waals surface area contributed by atoms with E-state index in [2.05, 4.69) is 25.8 Å². The second-order valence-corrected chi connectivity index (χ2v) is 8.65. The van der Waals surface area contributed by atoms with Gasteiger partial charge in [0.1, 0.15) is 0 Å². The lowest BCUT2D eigenvalue weighted by Crippen LogP contribution is -2.24. The maximum absolute atomic E-state index is 12.3. The highest BCUT2D eigenvalue weighted by Crippen LogP contribution is 2.22. The average Bonchev–Trinajstić information content (AvgIpc) is 3.19. The first-order valence-corrected chi connectivity index (χ1v) is 10.7. The monoisotopic (exact) mass is 430 g/mol. The zero-order valence-electron chi connectivity index (χ0n) is 16.6. The van der Waals surface area contributed by atoms with Crippen LogP contribution in [0.5, 0.6) is 0 Å². The maximum atomic E-state index is 12.3. The van der Waals surface area contributed by atoms with E-state index in [0.717, 1.165) is 16.1 Å². The van der Waals surface area contributed by atoms with Gasteiger partial charge >= 0.3 is 0 Å². The number of rotatable bonds is 7. The summed E-state index contributed by atoms with van der Waals surface area (Å²) in [4.78, 5) is 29.8. The Balaban J connectivity index is 1.52. The Morgan fingerprint density at radius 3 is 2.69 bits per heavy atom. The molecule has 0 unspecified atom stereocenters. The zero-order valence-corrected chi connectivity index (χ0v) is 18.3. The van der Waals surface area contributed by atoms with Crippen LogP contribution in [0.3, 0.4) is 0 Å². The van der Waals surface area contributed by atoms with Crippen LogP contribution in [0.2, 0.25) is 0 Å². The number of aryl methyl sites for hydroxylation is 3. The first kappa shape index (κ1) is 21.0. The molecule has 2 aromatic heterocycles.